The first kappa shape index (κ1) is 14.2. The molecule has 0 spiro atoms. The Balaban J connectivity index is 2.80. The second-order valence-corrected chi connectivity index (χ2v) is 5.28. The van der Waals surface area contributed by atoms with Crippen molar-refractivity contribution in [2.75, 3.05) is 0 Å². The summed E-state index contributed by atoms with van der Waals surface area (Å²) in [5.41, 5.74) is 6.60. The molecule has 0 aromatic heterocycles. The first-order chi connectivity index (χ1) is 8.21. The minimum absolute atomic E-state index is 0.0307. The van der Waals surface area contributed by atoms with Gasteiger partial charge in [0.05, 0.1) is 5.56 Å². The molecule has 4 heteroatoms. The zero-order valence-electron chi connectivity index (χ0n) is 11.2. The van der Waals surface area contributed by atoms with Crippen LogP contribution in [0.25, 0.3) is 0 Å². The fourth-order valence-corrected chi connectivity index (χ4v) is 1.39. The molecular weight excluding hydrogens is 230 g/mol. The topological polar surface area (TPSA) is 69.4 Å². The van der Waals surface area contributed by atoms with Crippen LogP contribution >= 0.6 is 0 Å². The minimum atomic E-state index is -0.917. The van der Waals surface area contributed by atoms with Gasteiger partial charge in [-0.25, -0.2) is 4.79 Å². The van der Waals surface area contributed by atoms with Crippen molar-refractivity contribution < 1.29 is 14.3 Å². The molecule has 0 fully saturated rings. The molecule has 18 heavy (non-hydrogen) atoms. The van der Waals surface area contributed by atoms with Crippen molar-refractivity contribution in [2.45, 2.75) is 39.2 Å². The SMILES string of the molecule is CC(OC(=O)c1ccc(C(C)(C)C)cc1)C(N)=O. The second-order valence-electron chi connectivity index (χ2n) is 5.28. The summed E-state index contributed by atoms with van der Waals surface area (Å²) < 4.78 is 4.91. The molecule has 0 aliphatic heterocycles. The van der Waals surface area contributed by atoms with E-state index in [1.165, 1.54) is 6.92 Å². The molecule has 0 aliphatic rings. The van der Waals surface area contributed by atoms with Crippen LogP contribution in [0, 0.1) is 0 Å². The van der Waals surface area contributed by atoms with Crippen molar-refractivity contribution >= 4 is 11.9 Å². The van der Waals surface area contributed by atoms with Crippen LogP contribution in [0.4, 0.5) is 0 Å². The van der Waals surface area contributed by atoms with E-state index in [1.54, 1.807) is 12.1 Å². The molecule has 1 aromatic carbocycles. The van der Waals surface area contributed by atoms with Crippen LogP contribution in [0.3, 0.4) is 0 Å². The maximum Gasteiger partial charge on any atom is 0.338 e. The number of hydrogen-bond donors (Lipinski definition) is 1. The van der Waals surface area contributed by atoms with E-state index < -0.39 is 18.0 Å². The average molecular weight is 249 g/mol. The number of esters is 1. The molecule has 1 rings (SSSR count). The maximum atomic E-state index is 11.7. The first-order valence-corrected chi connectivity index (χ1v) is 5.82. The van der Waals surface area contributed by atoms with Gasteiger partial charge in [-0.1, -0.05) is 32.9 Å². The summed E-state index contributed by atoms with van der Waals surface area (Å²) in [7, 11) is 0. The summed E-state index contributed by atoms with van der Waals surface area (Å²) in [5.74, 6) is -1.20. The van der Waals surface area contributed by atoms with Crippen molar-refractivity contribution in [3.63, 3.8) is 0 Å². The predicted octanol–water partition coefficient (Wildman–Crippen LogP) is 2.01. The van der Waals surface area contributed by atoms with E-state index >= 15 is 0 Å². The summed E-state index contributed by atoms with van der Waals surface area (Å²) in [6.07, 6.45) is -0.917. The van der Waals surface area contributed by atoms with Gasteiger partial charge < -0.3 is 10.5 Å². The molecule has 98 valence electrons. The van der Waals surface area contributed by atoms with E-state index in [2.05, 4.69) is 20.8 Å². The van der Waals surface area contributed by atoms with Gasteiger partial charge in [-0.3, -0.25) is 4.79 Å². The molecular formula is C14H19NO3. The van der Waals surface area contributed by atoms with E-state index in [-0.39, 0.29) is 5.41 Å². The molecule has 4 nitrogen and oxygen atoms in total. The third kappa shape index (κ3) is 3.58. The van der Waals surface area contributed by atoms with Gasteiger partial charge in [0, 0.05) is 0 Å². The van der Waals surface area contributed by atoms with Gasteiger partial charge in [-0.05, 0) is 30.0 Å². The van der Waals surface area contributed by atoms with Crippen molar-refractivity contribution in [1.82, 2.24) is 0 Å². The highest BCUT2D eigenvalue weighted by Gasteiger charge is 2.17. The summed E-state index contributed by atoms with van der Waals surface area (Å²) in [5, 5.41) is 0. The van der Waals surface area contributed by atoms with Crippen LogP contribution in [0.15, 0.2) is 24.3 Å². The quantitative estimate of drug-likeness (QED) is 0.833. The normalized spacial score (nSPS) is 12.9. The molecule has 1 amide bonds. The Labute approximate surface area is 107 Å². The minimum Gasteiger partial charge on any atom is -0.449 e. The largest absolute Gasteiger partial charge is 0.449 e. The van der Waals surface area contributed by atoms with E-state index in [4.69, 9.17) is 10.5 Å². The van der Waals surface area contributed by atoms with Crippen molar-refractivity contribution in [1.29, 1.82) is 0 Å². The van der Waals surface area contributed by atoms with Gasteiger partial charge in [-0.2, -0.15) is 0 Å². The zero-order chi connectivity index (χ0) is 13.9. The van der Waals surface area contributed by atoms with Gasteiger partial charge in [0.2, 0.25) is 0 Å². The molecule has 2 N–H and O–H groups in total. The number of nitrogens with two attached hydrogens (primary N) is 1. The van der Waals surface area contributed by atoms with E-state index in [9.17, 15) is 9.59 Å². The number of carbonyl (C=O) groups excluding carboxylic acids is 2. The van der Waals surface area contributed by atoms with Gasteiger partial charge in [0.15, 0.2) is 6.10 Å². The Morgan fingerprint density at radius 1 is 1.17 bits per heavy atom. The summed E-state index contributed by atoms with van der Waals surface area (Å²) in [6.45, 7) is 7.73. The highest BCUT2D eigenvalue weighted by atomic mass is 16.5. The molecule has 0 saturated carbocycles. The highest BCUT2D eigenvalue weighted by Crippen LogP contribution is 2.22. The summed E-state index contributed by atoms with van der Waals surface area (Å²) in [4.78, 5) is 22.5. The predicted molar refractivity (Wildman–Crippen MR) is 69.2 cm³/mol. The molecule has 0 radical (unpaired) electrons. The van der Waals surface area contributed by atoms with Crippen LogP contribution in [-0.4, -0.2) is 18.0 Å². The zero-order valence-corrected chi connectivity index (χ0v) is 11.2. The Kier molecular flexibility index (Phi) is 4.11. The Morgan fingerprint density at radius 3 is 2.06 bits per heavy atom. The molecule has 0 bridgehead atoms. The van der Waals surface area contributed by atoms with Crippen LogP contribution in [0.1, 0.15) is 43.6 Å². The fraction of sp³-hybridized carbons (Fsp3) is 0.429. The monoisotopic (exact) mass is 249 g/mol. The molecule has 0 aliphatic carbocycles. The number of benzene rings is 1. The third-order valence-corrected chi connectivity index (χ3v) is 2.67. The highest BCUT2D eigenvalue weighted by molar-refractivity contribution is 5.91. The first-order valence-electron chi connectivity index (χ1n) is 5.82. The molecule has 0 saturated heterocycles. The average Bonchev–Trinajstić information content (AvgIpc) is 2.27. The van der Waals surface area contributed by atoms with Crippen LogP contribution < -0.4 is 5.73 Å². The summed E-state index contributed by atoms with van der Waals surface area (Å²) in [6, 6.07) is 7.14. The van der Waals surface area contributed by atoms with Gasteiger partial charge in [0.1, 0.15) is 0 Å². The third-order valence-electron chi connectivity index (χ3n) is 2.67. The molecule has 1 unspecified atom stereocenters. The number of primary amides is 1. The fourth-order valence-electron chi connectivity index (χ4n) is 1.39. The van der Waals surface area contributed by atoms with Crippen LogP contribution in [-0.2, 0) is 14.9 Å². The molecule has 1 atom stereocenters. The molecule has 1 aromatic rings. The van der Waals surface area contributed by atoms with Gasteiger partial charge in [0.25, 0.3) is 5.91 Å². The van der Waals surface area contributed by atoms with Gasteiger partial charge in [-0.15, -0.1) is 0 Å². The van der Waals surface area contributed by atoms with Gasteiger partial charge >= 0.3 is 5.97 Å². The Hall–Kier alpha value is -1.84. The molecule has 0 heterocycles. The van der Waals surface area contributed by atoms with Crippen LogP contribution in [0.2, 0.25) is 0 Å². The van der Waals surface area contributed by atoms with E-state index in [0.717, 1.165) is 5.56 Å². The lowest BCUT2D eigenvalue weighted by Crippen LogP contribution is -2.30. The van der Waals surface area contributed by atoms with Crippen LogP contribution in [0.5, 0.6) is 0 Å². The lowest BCUT2D eigenvalue weighted by atomic mass is 9.87. The summed E-state index contributed by atoms with van der Waals surface area (Å²) >= 11 is 0. The van der Waals surface area contributed by atoms with Crippen molar-refractivity contribution in [2.24, 2.45) is 5.73 Å². The maximum absolute atomic E-state index is 11.7. The Morgan fingerprint density at radius 2 is 1.67 bits per heavy atom. The number of ether oxygens (including phenoxy) is 1. The van der Waals surface area contributed by atoms with Crippen molar-refractivity contribution in [3.05, 3.63) is 35.4 Å². The number of amides is 1. The van der Waals surface area contributed by atoms with E-state index in [1.807, 2.05) is 12.1 Å². The standard InChI is InChI=1S/C14H19NO3/c1-9(12(15)16)18-13(17)10-5-7-11(8-6-10)14(2,3)4/h5-9H,1-4H3,(H2,15,16). The lowest BCUT2D eigenvalue weighted by molar-refractivity contribution is -0.125. The smallest absolute Gasteiger partial charge is 0.338 e. The van der Waals surface area contributed by atoms with E-state index in [0.29, 0.717) is 5.56 Å². The number of hydrogen-bond acceptors (Lipinski definition) is 3. The second kappa shape index (κ2) is 5.21. The van der Waals surface area contributed by atoms with Crippen molar-refractivity contribution in [3.8, 4) is 0 Å². The lowest BCUT2D eigenvalue weighted by Gasteiger charge is -2.19. The number of carbonyl (C=O) groups is 2. The Bertz CT molecular complexity index is 443. The number of rotatable bonds is 3.